The fourth-order valence-corrected chi connectivity index (χ4v) is 6.14. The van der Waals surface area contributed by atoms with Crippen LogP contribution in [0.5, 0.6) is 5.75 Å². The molecule has 1 heterocycles. The molecule has 2 amide bonds. The monoisotopic (exact) mass is 501 g/mol. The lowest BCUT2D eigenvalue weighted by molar-refractivity contribution is 0.0651. The number of carbonyl (C=O) groups is 2. The minimum atomic E-state index is -3.28. The van der Waals surface area contributed by atoms with E-state index in [1.165, 1.54) is 11.0 Å². The first kappa shape index (κ1) is 25.4. The van der Waals surface area contributed by atoms with Gasteiger partial charge >= 0.3 is 0 Å². The first-order valence-corrected chi connectivity index (χ1v) is 14.1. The molecule has 1 fully saturated rings. The van der Waals surface area contributed by atoms with Gasteiger partial charge in [0.05, 0.1) is 29.2 Å². The average molecular weight is 502 g/mol. The largest absolute Gasteiger partial charge is 0.490 e. The summed E-state index contributed by atoms with van der Waals surface area (Å²) in [5.41, 5.74) is 1.64. The van der Waals surface area contributed by atoms with Crippen LogP contribution in [0.25, 0.3) is 0 Å². The summed E-state index contributed by atoms with van der Waals surface area (Å²) in [6.07, 6.45) is 4.82. The molecule has 1 aliphatic heterocycles. The van der Waals surface area contributed by atoms with Gasteiger partial charge in [-0.25, -0.2) is 12.8 Å². The molecule has 35 heavy (non-hydrogen) atoms. The van der Waals surface area contributed by atoms with Crippen molar-refractivity contribution in [2.75, 3.05) is 24.7 Å². The number of rotatable bonds is 13. The summed E-state index contributed by atoms with van der Waals surface area (Å²) >= 11 is 0. The van der Waals surface area contributed by atoms with Crippen molar-refractivity contribution >= 4 is 21.7 Å². The van der Waals surface area contributed by atoms with E-state index < -0.39 is 15.7 Å². The molecule has 0 bridgehead atoms. The third-order valence-corrected chi connectivity index (χ3v) is 8.58. The molecule has 0 saturated heterocycles. The van der Waals surface area contributed by atoms with Gasteiger partial charge < -0.3 is 4.74 Å². The molecule has 1 saturated carbocycles. The van der Waals surface area contributed by atoms with Crippen LogP contribution in [0.2, 0.25) is 0 Å². The second-order valence-electron chi connectivity index (χ2n) is 9.68. The minimum absolute atomic E-state index is 0.00423. The summed E-state index contributed by atoms with van der Waals surface area (Å²) < 4.78 is 44.9. The summed E-state index contributed by atoms with van der Waals surface area (Å²) in [6.45, 7) is 2.67. The molecule has 188 valence electrons. The lowest BCUT2D eigenvalue weighted by Crippen LogP contribution is -2.30. The Bertz CT molecular complexity index is 1160. The molecule has 2 aromatic rings. The zero-order valence-electron chi connectivity index (χ0n) is 20.0. The van der Waals surface area contributed by atoms with E-state index >= 15 is 0 Å². The highest BCUT2D eigenvalue weighted by molar-refractivity contribution is 7.91. The van der Waals surface area contributed by atoms with Crippen molar-refractivity contribution < 1.29 is 27.1 Å². The minimum Gasteiger partial charge on any atom is -0.490 e. The number of unbranched alkanes of at least 4 members (excludes halogenated alkanes) is 3. The molecule has 6 nitrogen and oxygen atoms in total. The van der Waals surface area contributed by atoms with Crippen molar-refractivity contribution in [2.24, 2.45) is 5.92 Å². The molecule has 0 N–H and O–H groups in total. The van der Waals surface area contributed by atoms with E-state index in [1.807, 2.05) is 6.92 Å². The van der Waals surface area contributed by atoms with E-state index in [4.69, 9.17) is 4.74 Å². The topological polar surface area (TPSA) is 80.8 Å². The number of nitrogens with zero attached hydrogens (tertiary/aromatic N) is 1. The number of ether oxygens (including phenoxy) is 1. The molecule has 4 rings (SSSR count). The molecule has 0 spiro atoms. The maximum Gasteiger partial charge on any atom is 0.261 e. The van der Waals surface area contributed by atoms with Crippen molar-refractivity contribution in [3.63, 3.8) is 0 Å². The SMILES string of the molecule is C[C@@H](CS(=O)(=O)CCCCCCN1C(=O)c2ccccc2C1=O)c1ccc(F)c(OCC2CC2)c1. The quantitative estimate of drug-likeness (QED) is 0.285. The van der Waals surface area contributed by atoms with Crippen LogP contribution < -0.4 is 4.74 Å². The number of fused-ring (bicyclic) bond motifs is 1. The zero-order chi connectivity index (χ0) is 25.0. The van der Waals surface area contributed by atoms with Gasteiger partial charge in [-0.05, 0) is 67.3 Å². The van der Waals surface area contributed by atoms with Crippen LogP contribution in [0, 0.1) is 11.7 Å². The van der Waals surface area contributed by atoms with Gasteiger partial charge in [-0.2, -0.15) is 0 Å². The van der Waals surface area contributed by atoms with Crippen molar-refractivity contribution in [1.29, 1.82) is 0 Å². The van der Waals surface area contributed by atoms with Crippen LogP contribution in [0.4, 0.5) is 4.39 Å². The van der Waals surface area contributed by atoms with Crippen molar-refractivity contribution in [1.82, 2.24) is 4.90 Å². The number of hydrogen-bond donors (Lipinski definition) is 0. The van der Waals surface area contributed by atoms with Crippen molar-refractivity contribution in [3.05, 3.63) is 65.0 Å². The second-order valence-corrected chi connectivity index (χ2v) is 11.9. The summed E-state index contributed by atoms with van der Waals surface area (Å²) in [5, 5.41) is 0. The molecular formula is C27H32FNO5S. The summed E-state index contributed by atoms with van der Waals surface area (Å²) in [6, 6.07) is 11.4. The molecule has 1 atom stereocenters. The summed E-state index contributed by atoms with van der Waals surface area (Å²) in [5.74, 6) is -0.441. The molecule has 0 radical (unpaired) electrons. The Morgan fingerprint density at radius 1 is 1.00 bits per heavy atom. The van der Waals surface area contributed by atoms with Crippen molar-refractivity contribution in [2.45, 2.75) is 51.4 Å². The molecule has 0 unspecified atom stereocenters. The van der Waals surface area contributed by atoms with Gasteiger partial charge in [0.1, 0.15) is 0 Å². The van der Waals surface area contributed by atoms with Gasteiger partial charge in [0.15, 0.2) is 21.4 Å². The van der Waals surface area contributed by atoms with Crippen molar-refractivity contribution in [3.8, 4) is 5.75 Å². The number of benzene rings is 2. The van der Waals surface area contributed by atoms with E-state index in [-0.39, 0.29) is 35.0 Å². The van der Waals surface area contributed by atoms with Crippen LogP contribution >= 0.6 is 0 Å². The van der Waals surface area contributed by atoms with E-state index in [0.717, 1.165) is 24.8 Å². The zero-order valence-corrected chi connectivity index (χ0v) is 20.9. The van der Waals surface area contributed by atoms with Gasteiger partial charge in [0.25, 0.3) is 11.8 Å². The van der Waals surface area contributed by atoms with E-state index in [1.54, 1.807) is 36.4 Å². The van der Waals surface area contributed by atoms with Gasteiger partial charge in [-0.3, -0.25) is 14.5 Å². The highest BCUT2D eigenvalue weighted by Gasteiger charge is 2.34. The average Bonchev–Trinajstić information content (AvgIpc) is 3.63. The smallest absolute Gasteiger partial charge is 0.261 e. The van der Waals surface area contributed by atoms with Crippen LogP contribution in [-0.2, 0) is 9.84 Å². The van der Waals surface area contributed by atoms with E-state index in [9.17, 15) is 22.4 Å². The number of sulfone groups is 1. The molecular weight excluding hydrogens is 469 g/mol. The van der Waals surface area contributed by atoms with E-state index in [2.05, 4.69) is 0 Å². The predicted octanol–water partition coefficient (Wildman–Crippen LogP) is 4.99. The Morgan fingerprint density at radius 2 is 1.66 bits per heavy atom. The number of halogens is 1. The Balaban J connectivity index is 1.18. The third-order valence-electron chi connectivity index (χ3n) is 6.66. The van der Waals surface area contributed by atoms with Crippen LogP contribution in [0.3, 0.4) is 0 Å². The number of amides is 2. The molecule has 2 aromatic carbocycles. The summed E-state index contributed by atoms with van der Waals surface area (Å²) in [7, 11) is -3.28. The van der Waals surface area contributed by atoms with E-state index in [0.29, 0.717) is 49.5 Å². The van der Waals surface area contributed by atoms with Crippen LogP contribution in [-0.4, -0.2) is 49.8 Å². The highest BCUT2D eigenvalue weighted by atomic mass is 32.2. The number of imide groups is 1. The number of hydrogen-bond acceptors (Lipinski definition) is 5. The maximum atomic E-state index is 14.0. The summed E-state index contributed by atoms with van der Waals surface area (Å²) in [4.78, 5) is 26.0. The Hall–Kier alpha value is -2.74. The predicted molar refractivity (Wildman–Crippen MR) is 132 cm³/mol. The molecule has 8 heteroatoms. The standard InChI is InChI=1S/C27H32FNO5S/c1-19(21-12-13-24(28)25(16-21)34-17-20-10-11-20)18-35(32,33)15-7-3-2-6-14-29-26(30)22-8-4-5-9-23(22)27(29)31/h4-5,8-9,12-13,16,19-20H,2-3,6-7,10-11,14-15,17-18H2,1H3/t19-/m0/s1. The van der Waals surface area contributed by atoms with Gasteiger partial charge in [-0.15, -0.1) is 0 Å². The fraction of sp³-hybridized carbons (Fsp3) is 0.481. The van der Waals surface area contributed by atoms with Gasteiger partial charge in [0, 0.05) is 6.54 Å². The fourth-order valence-electron chi connectivity index (χ4n) is 4.38. The Labute approximate surface area is 206 Å². The maximum absolute atomic E-state index is 14.0. The highest BCUT2D eigenvalue weighted by Crippen LogP contribution is 2.31. The normalized spacial score (nSPS) is 16.5. The number of carbonyl (C=O) groups excluding carboxylic acids is 2. The van der Waals surface area contributed by atoms with Crippen LogP contribution in [0.1, 0.15) is 77.6 Å². The van der Waals surface area contributed by atoms with Crippen LogP contribution in [0.15, 0.2) is 42.5 Å². The Morgan fingerprint density at radius 3 is 2.31 bits per heavy atom. The lowest BCUT2D eigenvalue weighted by atomic mass is 10.0. The van der Waals surface area contributed by atoms with Gasteiger partial charge in [-0.1, -0.05) is 38.0 Å². The molecule has 0 aromatic heterocycles. The molecule has 1 aliphatic carbocycles. The third kappa shape index (κ3) is 6.48. The lowest BCUT2D eigenvalue weighted by Gasteiger charge is -2.15. The first-order valence-electron chi connectivity index (χ1n) is 12.3. The van der Waals surface area contributed by atoms with Gasteiger partial charge in [0.2, 0.25) is 0 Å². The Kier molecular flexibility index (Phi) is 7.89. The second kappa shape index (κ2) is 10.9. The first-order chi connectivity index (χ1) is 16.7. The molecule has 2 aliphatic rings.